The second-order valence-corrected chi connectivity index (χ2v) is 7.27. The van der Waals surface area contributed by atoms with Crippen LogP contribution in [0.3, 0.4) is 0 Å². The van der Waals surface area contributed by atoms with Gasteiger partial charge in [0.2, 0.25) is 0 Å². The number of likely N-dealkylation sites (tertiary alicyclic amines) is 1. The van der Waals surface area contributed by atoms with Crippen molar-refractivity contribution in [2.45, 2.75) is 19.3 Å². The first-order valence-corrected chi connectivity index (χ1v) is 9.72. The average molecular weight is 395 g/mol. The van der Waals surface area contributed by atoms with Gasteiger partial charge < -0.3 is 14.6 Å². The van der Waals surface area contributed by atoms with Crippen molar-refractivity contribution in [1.29, 1.82) is 0 Å². The number of aromatic nitrogens is 2. The number of carbonyl (C=O) groups excluding carboxylic acids is 1. The predicted molar refractivity (Wildman–Crippen MR) is 111 cm³/mol. The van der Waals surface area contributed by atoms with Crippen molar-refractivity contribution in [3.05, 3.63) is 63.2 Å². The fourth-order valence-corrected chi connectivity index (χ4v) is 3.89. The Hall–Kier alpha value is -2.93. The Morgan fingerprint density at radius 3 is 2.46 bits per heavy atom. The summed E-state index contributed by atoms with van der Waals surface area (Å²) in [6, 6.07) is 12.3. The van der Waals surface area contributed by atoms with Crippen LogP contribution in [-0.4, -0.2) is 40.6 Å². The van der Waals surface area contributed by atoms with Crippen LogP contribution < -0.4 is 10.3 Å². The molecule has 6 nitrogen and oxygen atoms in total. The standard InChI is InChI=1S/C21H21N3O3S/c1-27-16-8-6-15(7-9-16)24-20(26)17-10-5-14(13-18(17)22-21(24)28)19(25)23-11-3-2-4-12-23/h5-10,13H,2-4,11-12H2,1H3,(H,22,28). The van der Waals surface area contributed by atoms with Crippen LogP contribution >= 0.6 is 12.2 Å². The highest BCUT2D eigenvalue weighted by Gasteiger charge is 2.19. The highest BCUT2D eigenvalue weighted by molar-refractivity contribution is 7.71. The lowest BCUT2D eigenvalue weighted by Gasteiger charge is -2.26. The van der Waals surface area contributed by atoms with E-state index in [0.29, 0.717) is 27.9 Å². The number of rotatable bonds is 3. The number of aromatic amines is 1. The molecule has 0 spiro atoms. The Bertz CT molecular complexity index is 1140. The molecule has 2 aromatic carbocycles. The van der Waals surface area contributed by atoms with E-state index in [4.69, 9.17) is 17.0 Å². The quantitative estimate of drug-likeness (QED) is 0.687. The van der Waals surface area contributed by atoms with Gasteiger partial charge in [0, 0.05) is 18.7 Å². The Morgan fingerprint density at radius 2 is 1.79 bits per heavy atom. The molecule has 1 aromatic heterocycles. The topological polar surface area (TPSA) is 67.3 Å². The first-order chi connectivity index (χ1) is 13.6. The second-order valence-electron chi connectivity index (χ2n) is 6.88. The first-order valence-electron chi connectivity index (χ1n) is 9.31. The van der Waals surface area contributed by atoms with Crippen LogP contribution in [-0.2, 0) is 0 Å². The van der Waals surface area contributed by atoms with Crippen LogP contribution in [0.2, 0.25) is 0 Å². The van der Waals surface area contributed by atoms with Crippen molar-refractivity contribution in [2.24, 2.45) is 0 Å². The molecular weight excluding hydrogens is 374 g/mol. The van der Waals surface area contributed by atoms with Crippen molar-refractivity contribution < 1.29 is 9.53 Å². The molecule has 0 atom stereocenters. The fourth-order valence-electron chi connectivity index (χ4n) is 3.60. The molecule has 1 saturated heterocycles. The highest BCUT2D eigenvalue weighted by atomic mass is 32.1. The van der Waals surface area contributed by atoms with E-state index in [1.54, 1.807) is 49.6 Å². The Morgan fingerprint density at radius 1 is 1.07 bits per heavy atom. The van der Waals surface area contributed by atoms with Crippen LogP contribution in [0.4, 0.5) is 0 Å². The predicted octanol–water partition coefficient (Wildman–Crippen LogP) is 3.68. The van der Waals surface area contributed by atoms with E-state index in [0.717, 1.165) is 25.9 Å². The van der Waals surface area contributed by atoms with Gasteiger partial charge in [0.25, 0.3) is 11.5 Å². The minimum atomic E-state index is -0.221. The lowest BCUT2D eigenvalue weighted by Crippen LogP contribution is -2.35. The van der Waals surface area contributed by atoms with Gasteiger partial charge in [-0.2, -0.15) is 0 Å². The molecule has 0 saturated carbocycles. The normalized spacial score (nSPS) is 14.2. The lowest BCUT2D eigenvalue weighted by molar-refractivity contribution is 0.0724. The molecule has 28 heavy (non-hydrogen) atoms. The summed E-state index contributed by atoms with van der Waals surface area (Å²) in [5.74, 6) is 0.702. The molecule has 3 aromatic rings. The molecule has 2 heterocycles. The summed E-state index contributed by atoms with van der Waals surface area (Å²) in [6.45, 7) is 1.57. The van der Waals surface area contributed by atoms with Gasteiger partial charge in [-0.3, -0.25) is 14.2 Å². The molecule has 4 rings (SSSR count). The molecular formula is C21H21N3O3S. The lowest BCUT2D eigenvalue weighted by atomic mass is 10.1. The zero-order valence-corrected chi connectivity index (χ0v) is 16.4. The number of amides is 1. The monoisotopic (exact) mass is 395 g/mol. The van der Waals surface area contributed by atoms with E-state index in [-0.39, 0.29) is 16.2 Å². The van der Waals surface area contributed by atoms with Gasteiger partial charge >= 0.3 is 0 Å². The van der Waals surface area contributed by atoms with E-state index in [9.17, 15) is 9.59 Å². The number of methoxy groups -OCH3 is 1. The maximum atomic E-state index is 13.0. The molecule has 0 radical (unpaired) electrons. The molecule has 1 fully saturated rings. The summed E-state index contributed by atoms with van der Waals surface area (Å²) in [6.07, 6.45) is 3.24. The molecule has 0 aliphatic carbocycles. The summed E-state index contributed by atoms with van der Waals surface area (Å²) in [5, 5.41) is 0.486. The third-order valence-corrected chi connectivity index (χ3v) is 5.40. The Balaban J connectivity index is 1.76. The minimum absolute atomic E-state index is 0.000233. The fraction of sp³-hybridized carbons (Fsp3) is 0.286. The second kappa shape index (κ2) is 7.59. The average Bonchev–Trinajstić information content (AvgIpc) is 2.74. The number of piperidine rings is 1. The molecule has 1 aliphatic heterocycles. The number of nitrogens with zero attached hydrogens (tertiary/aromatic N) is 2. The van der Waals surface area contributed by atoms with Crippen molar-refractivity contribution in [1.82, 2.24) is 14.5 Å². The number of hydrogen-bond acceptors (Lipinski definition) is 4. The van der Waals surface area contributed by atoms with Gasteiger partial charge in [-0.15, -0.1) is 0 Å². The van der Waals surface area contributed by atoms with Gasteiger partial charge in [-0.25, -0.2) is 0 Å². The van der Waals surface area contributed by atoms with Crippen LogP contribution in [0, 0.1) is 4.77 Å². The van der Waals surface area contributed by atoms with Gasteiger partial charge in [0.05, 0.1) is 23.7 Å². The molecule has 0 bridgehead atoms. The van der Waals surface area contributed by atoms with E-state index in [2.05, 4.69) is 4.98 Å². The molecule has 144 valence electrons. The maximum Gasteiger partial charge on any atom is 0.266 e. The molecule has 7 heteroatoms. The van der Waals surface area contributed by atoms with Crippen LogP contribution in [0.1, 0.15) is 29.6 Å². The maximum absolute atomic E-state index is 13.0. The largest absolute Gasteiger partial charge is 0.497 e. The van der Waals surface area contributed by atoms with Crippen molar-refractivity contribution in [3.63, 3.8) is 0 Å². The van der Waals surface area contributed by atoms with Gasteiger partial charge in [0.15, 0.2) is 4.77 Å². The van der Waals surface area contributed by atoms with Gasteiger partial charge in [0.1, 0.15) is 5.75 Å². The third kappa shape index (κ3) is 3.33. The third-order valence-electron chi connectivity index (χ3n) is 5.12. The van der Waals surface area contributed by atoms with Crippen LogP contribution in [0.15, 0.2) is 47.3 Å². The van der Waals surface area contributed by atoms with Gasteiger partial charge in [-0.05, 0) is 73.9 Å². The van der Waals surface area contributed by atoms with Crippen LogP contribution in [0.25, 0.3) is 16.6 Å². The smallest absolute Gasteiger partial charge is 0.266 e. The number of fused-ring (bicyclic) bond motifs is 1. The molecule has 0 unspecified atom stereocenters. The number of benzene rings is 2. The number of ether oxygens (including phenoxy) is 1. The van der Waals surface area contributed by atoms with E-state index in [1.165, 1.54) is 11.0 Å². The number of nitrogens with one attached hydrogen (secondary N) is 1. The summed E-state index contributed by atoms with van der Waals surface area (Å²) >= 11 is 5.43. The molecule has 1 amide bonds. The number of carbonyl (C=O) groups is 1. The summed E-state index contributed by atoms with van der Waals surface area (Å²) < 4.78 is 6.89. The Labute approximate surface area is 167 Å². The zero-order chi connectivity index (χ0) is 19.7. The minimum Gasteiger partial charge on any atom is -0.497 e. The summed E-state index contributed by atoms with van der Waals surface area (Å²) in [5.41, 5.74) is 1.58. The first kappa shape index (κ1) is 18.4. The van der Waals surface area contributed by atoms with E-state index >= 15 is 0 Å². The zero-order valence-electron chi connectivity index (χ0n) is 15.6. The number of H-pyrrole nitrogens is 1. The van der Waals surface area contributed by atoms with Crippen molar-refractivity contribution in [3.8, 4) is 11.4 Å². The summed E-state index contributed by atoms with van der Waals surface area (Å²) in [7, 11) is 1.59. The summed E-state index contributed by atoms with van der Waals surface area (Å²) in [4.78, 5) is 30.8. The number of hydrogen-bond donors (Lipinski definition) is 1. The highest BCUT2D eigenvalue weighted by Crippen LogP contribution is 2.18. The van der Waals surface area contributed by atoms with E-state index < -0.39 is 0 Å². The van der Waals surface area contributed by atoms with Crippen molar-refractivity contribution >= 4 is 29.0 Å². The molecule has 1 N–H and O–H groups in total. The van der Waals surface area contributed by atoms with E-state index in [1.807, 2.05) is 4.90 Å². The Kier molecular flexibility index (Phi) is 5.00. The van der Waals surface area contributed by atoms with Crippen LogP contribution in [0.5, 0.6) is 5.75 Å². The van der Waals surface area contributed by atoms with Gasteiger partial charge in [-0.1, -0.05) is 0 Å². The SMILES string of the molecule is COc1ccc(-n2c(=S)[nH]c3cc(C(=O)N4CCCCC4)ccc3c2=O)cc1. The molecule has 1 aliphatic rings. The van der Waals surface area contributed by atoms with Crippen molar-refractivity contribution in [2.75, 3.05) is 20.2 Å².